The van der Waals surface area contributed by atoms with Crippen LogP contribution in [0.2, 0.25) is 0 Å². The zero-order valence-corrected chi connectivity index (χ0v) is 9.51. The highest BCUT2D eigenvalue weighted by atomic mass is 19.1. The zero-order chi connectivity index (χ0) is 12.1. The van der Waals surface area contributed by atoms with Crippen LogP contribution in [0.1, 0.15) is 25.5 Å². The number of halogens is 1. The molecule has 88 valence electrons. The summed E-state index contributed by atoms with van der Waals surface area (Å²) in [6.07, 6.45) is 0.760. The molecule has 1 aromatic carbocycles. The van der Waals surface area contributed by atoms with Crippen molar-refractivity contribution in [1.82, 2.24) is 5.17 Å². The lowest BCUT2D eigenvalue weighted by Gasteiger charge is -2.17. The molecule has 0 aliphatic rings. The Morgan fingerprint density at radius 1 is 1.56 bits per heavy atom. The van der Waals surface area contributed by atoms with Crippen LogP contribution in [0.3, 0.4) is 0 Å². The predicted octanol–water partition coefficient (Wildman–Crippen LogP) is 2.11. The van der Waals surface area contributed by atoms with Crippen LogP contribution in [0.5, 0.6) is 5.75 Å². The highest BCUT2D eigenvalue weighted by molar-refractivity contribution is 5.52. The van der Waals surface area contributed by atoms with E-state index in [9.17, 15) is 9.50 Å². The molecule has 0 fully saturated rings. The second kappa shape index (κ2) is 5.46. The third-order valence-corrected chi connectivity index (χ3v) is 1.93. The van der Waals surface area contributed by atoms with Crippen LogP contribution >= 0.6 is 0 Å². The number of hydrogen-bond acceptors (Lipinski definition) is 4. The highest BCUT2D eigenvalue weighted by Gasteiger charge is 2.12. The van der Waals surface area contributed by atoms with Crippen LogP contribution in [-0.2, 0) is 0 Å². The predicted molar refractivity (Wildman–Crippen MR) is 59.6 cm³/mol. The Morgan fingerprint density at radius 3 is 2.81 bits per heavy atom. The number of benzene rings is 1. The Bertz CT molecular complexity index is 380. The molecule has 1 unspecified atom stereocenters. The molecule has 0 spiro atoms. The first-order chi connectivity index (χ1) is 7.54. The average Bonchev–Trinajstić information content (AvgIpc) is 2.20. The van der Waals surface area contributed by atoms with Crippen LogP contribution in [-0.4, -0.2) is 23.5 Å². The Kier molecular flexibility index (Phi) is 4.25. The van der Waals surface area contributed by atoms with Crippen molar-refractivity contribution in [3.8, 4) is 5.75 Å². The first-order valence-electron chi connectivity index (χ1n) is 4.92. The van der Waals surface area contributed by atoms with Gasteiger partial charge in [0.1, 0.15) is 5.82 Å². The number of hydrazone groups is 1. The van der Waals surface area contributed by atoms with E-state index in [1.54, 1.807) is 27.1 Å². The number of hydroxylamine groups is 1. The minimum absolute atomic E-state index is 0.379. The molecular formula is C11H15FN2O2. The van der Waals surface area contributed by atoms with Gasteiger partial charge in [-0.25, -0.2) is 4.39 Å². The number of aliphatic hydroxyl groups excluding tert-OH is 1. The van der Waals surface area contributed by atoms with E-state index < -0.39 is 11.9 Å². The summed E-state index contributed by atoms with van der Waals surface area (Å²) in [6.45, 7) is 3.30. The Labute approximate surface area is 93.9 Å². The zero-order valence-electron chi connectivity index (χ0n) is 9.51. The largest absolute Gasteiger partial charge is 0.389 e. The SMILES string of the molecule is C/C=N\N(C)Oc1ccc(F)cc1C(C)O. The summed E-state index contributed by atoms with van der Waals surface area (Å²) >= 11 is 0. The van der Waals surface area contributed by atoms with Crippen molar-refractivity contribution < 1.29 is 14.3 Å². The summed E-state index contributed by atoms with van der Waals surface area (Å²) in [5.74, 6) is -0.0330. The van der Waals surface area contributed by atoms with Crippen molar-refractivity contribution in [2.75, 3.05) is 7.05 Å². The Morgan fingerprint density at radius 2 is 2.25 bits per heavy atom. The molecule has 0 aliphatic heterocycles. The van der Waals surface area contributed by atoms with Crippen LogP contribution in [0, 0.1) is 5.82 Å². The monoisotopic (exact) mass is 226 g/mol. The molecule has 0 amide bonds. The molecule has 1 rings (SSSR count). The summed E-state index contributed by atoms with van der Waals surface area (Å²) in [5.41, 5.74) is 0.387. The van der Waals surface area contributed by atoms with Crippen molar-refractivity contribution in [2.45, 2.75) is 20.0 Å². The van der Waals surface area contributed by atoms with E-state index in [-0.39, 0.29) is 0 Å². The lowest BCUT2D eigenvalue weighted by atomic mass is 10.1. The van der Waals surface area contributed by atoms with Gasteiger partial charge in [0.2, 0.25) is 0 Å². The van der Waals surface area contributed by atoms with Gasteiger partial charge in [-0.15, -0.1) is 5.17 Å². The summed E-state index contributed by atoms with van der Waals surface area (Å²) < 4.78 is 13.0. The molecular weight excluding hydrogens is 211 g/mol. The van der Waals surface area contributed by atoms with Crippen LogP contribution in [0.15, 0.2) is 23.3 Å². The van der Waals surface area contributed by atoms with Crippen molar-refractivity contribution in [2.24, 2.45) is 5.10 Å². The van der Waals surface area contributed by atoms with E-state index >= 15 is 0 Å². The molecule has 0 radical (unpaired) electrons. The smallest absolute Gasteiger partial charge is 0.163 e. The van der Waals surface area contributed by atoms with Gasteiger partial charge in [0.25, 0.3) is 0 Å². The van der Waals surface area contributed by atoms with Gasteiger partial charge < -0.3 is 9.94 Å². The summed E-state index contributed by atoms with van der Waals surface area (Å²) in [6, 6.07) is 3.97. The van der Waals surface area contributed by atoms with E-state index in [4.69, 9.17) is 4.84 Å². The van der Waals surface area contributed by atoms with Gasteiger partial charge in [0, 0.05) is 11.8 Å². The standard InChI is InChI=1S/C11H15FN2O2/c1-4-13-14(3)16-11-6-5-9(12)7-10(11)8(2)15/h4-8,15H,1-3H3/b13-4-. The van der Waals surface area contributed by atoms with Crippen molar-refractivity contribution in [3.05, 3.63) is 29.6 Å². The topological polar surface area (TPSA) is 45.1 Å². The maximum atomic E-state index is 13.0. The Balaban J connectivity index is 2.94. The molecule has 4 nitrogen and oxygen atoms in total. The van der Waals surface area contributed by atoms with E-state index in [0.29, 0.717) is 11.3 Å². The summed E-state index contributed by atoms with van der Waals surface area (Å²) in [7, 11) is 1.61. The fraction of sp³-hybridized carbons (Fsp3) is 0.364. The van der Waals surface area contributed by atoms with Gasteiger partial charge in [-0.2, -0.15) is 5.10 Å². The van der Waals surface area contributed by atoms with Crippen molar-refractivity contribution >= 4 is 6.21 Å². The third kappa shape index (κ3) is 3.20. The number of hydrogen-bond donors (Lipinski definition) is 1. The molecule has 0 aromatic heterocycles. The summed E-state index contributed by atoms with van der Waals surface area (Å²) in [5, 5.41) is 14.6. The molecule has 16 heavy (non-hydrogen) atoms. The fourth-order valence-electron chi connectivity index (χ4n) is 1.26. The number of rotatable bonds is 4. The van der Waals surface area contributed by atoms with Gasteiger partial charge in [0.05, 0.1) is 13.2 Å². The second-order valence-electron chi connectivity index (χ2n) is 3.29. The molecule has 1 atom stereocenters. The van der Waals surface area contributed by atoms with Gasteiger partial charge in [-0.05, 0) is 32.0 Å². The van der Waals surface area contributed by atoms with E-state index in [2.05, 4.69) is 5.10 Å². The van der Waals surface area contributed by atoms with Gasteiger partial charge in [-0.3, -0.25) is 0 Å². The van der Waals surface area contributed by atoms with Gasteiger partial charge >= 0.3 is 0 Å². The lowest BCUT2D eigenvalue weighted by molar-refractivity contribution is -0.0315. The van der Waals surface area contributed by atoms with Crippen molar-refractivity contribution in [3.63, 3.8) is 0 Å². The molecule has 1 aromatic rings. The average molecular weight is 226 g/mol. The fourth-order valence-corrected chi connectivity index (χ4v) is 1.26. The highest BCUT2D eigenvalue weighted by Crippen LogP contribution is 2.26. The molecule has 0 aliphatic carbocycles. The molecule has 1 N–H and O–H groups in total. The van der Waals surface area contributed by atoms with Crippen LogP contribution < -0.4 is 4.84 Å². The maximum Gasteiger partial charge on any atom is 0.163 e. The van der Waals surface area contributed by atoms with E-state index in [1.807, 2.05) is 0 Å². The minimum atomic E-state index is -0.801. The molecule has 0 heterocycles. The molecule has 0 saturated carbocycles. The number of nitrogens with zero attached hydrogens (tertiary/aromatic N) is 2. The summed E-state index contributed by atoms with van der Waals surface area (Å²) in [4.78, 5) is 5.31. The second-order valence-corrected chi connectivity index (χ2v) is 3.29. The first kappa shape index (κ1) is 12.4. The molecule has 0 bridgehead atoms. The molecule has 0 saturated heterocycles. The minimum Gasteiger partial charge on any atom is -0.389 e. The molecule has 5 heteroatoms. The number of aliphatic hydroxyl groups is 1. The lowest BCUT2D eigenvalue weighted by Crippen LogP contribution is -2.17. The Hall–Kier alpha value is -1.62. The van der Waals surface area contributed by atoms with Crippen LogP contribution in [0.25, 0.3) is 0 Å². The van der Waals surface area contributed by atoms with Crippen molar-refractivity contribution in [1.29, 1.82) is 0 Å². The first-order valence-corrected chi connectivity index (χ1v) is 4.92. The van der Waals surface area contributed by atoms with Gasteiger partial charge in [0.15, 0.2) is 5.75 Å². The van der Waals surface area contributed by atoms with Crippen LogP contribution in [0.4, 0.5) is 4.39 Å². The van der Waals surface area contributed by atoms with E-state index in [1.165, 1.54) is 23.4 Å². The third-order valence-electron chi connectivity index (χ3n) is 1.93. The quantitative estimate of drug-likeness (QED) is 0.631. The van der Waals surface area contributed by atoms with Gasteiger partial charge in [-0.1, -0.05) is 0 Å². The van der Waals surface area contributed by atoms with E-state index in [0.717, 1.165) is 0 Å². The normalized spacial score (nSPS) is 12.8. The maximum absolute atomic E-state index is 13.0.